The standard InChI is InChI=1S/C16H20N2OS/c19-11-15-10-17-16(18(15)14-8-4-5-9-14)20-12-13-6-2-1-3-7-13/h1-3,6-7,10,14,19H,4-5,8-9,11-12H2. The smallest absolute Gasteiger partial charge is 0.168 e. The van der Waals surface area contributed by atoms with Gasteiger partial charge in [0.1, 0.15) is 0 Å². The summed E-state index contributed by atoms with van der Waals surface area (Å²) in [5.74, 6) is 0.926. The molecule has 0 atom stereocenters. The molecule has 20 heavy (non-hydrogen) atoms. The van der Waals surface area contributed by atoms with Crippen LogP contribution in [-0.2, 0) is 12.4 Å². The Labute approximate surface area is 124 Å². The Morgan fingerprint density at radius 3 is 2.65 bits per heavy atom. The Morgan fingerprint density at radius 2 is 1.95 bits per heavy atom. The maximum atomic E-state index is 9.51. The number of benzene rings is 1. The van der Waals surface area contributed by atoms with Gasteiger partial charge >= 0.3 is 0 Å². The van der Waals surface area contributed by atoms with Crippen molar-refractivity contribution in [1.82, 2.24) is 9.55 Å². The van der Waals surface area contributed by atoms with E-state index in [1.807, 2.05) is 12.3 Å². The molecule has 106 valence electrons. The van der Waals surface area contributed by atoms with E-state index < -0.39 is 0 Å². The van der Waals surface area contributed by atoms with E-state index in [2.05, 4.69) is 33.8 Å². The molecule has 2 aromatic rings. The number of thioether (sulfide) groups is 1. The Hall–Kier alpha value is -1.26. The molecule has 1 aromatic heterocycles. The topological polar surface area (TPSA) is 38.1 Å². The van der Waals surface area contributed by atoms with E-state index in [1.165, 1.54) is 31.2 Å². The van der Waals surface area contributed by atoms with Crippen molar-refractivity contribution >= 4 is 11.8 Å². The molecular weight excluding hydrogens is 268 g/mol. The van der Waals surface area contributed by atoms with Crippen LogP contribution in [0.4, 0.5) is 0 Å². The predicted molar refractivity (Wildman–Crippen MR) is 81.7 cm³/mol. The zero-order valence-corrected chi connectivity index (χ0v) is 12.4. The van der Waals surface area contributed by atoms with E-state index in [-0.39, 0.29) is 6.61 Å². The molecule has 1 aliphatic carbocycles. The first-order chi connectivity index (χ1) is 9.88. The third-order valence-corrected chi connectivity index (χ3v) is 4.94. The molecule has 0 bridgehead atoms. The van der Waals surface area contributed by atoms with E-state index in [0.29, 0.717) is 6.04 Å². The molecule has 3 rings (SSSR count). The van der Waals surface area contributed by atoms with Crippen LogP contribution >= 0.6 is 11.8 Å². The molecule has 0 spiro atoms. The largest absolute Gasteiger partial charge is 0.390 e. The molecule has 1 heterocycles. The van der Waals surface area contributed by atoms with Crippen LogP contribution in [0.1, 0.15) is 43.0 Å². The zero-order valence-electron chi connectivity index (χ0n) is 11.5. The highest BCUT2D eigenvalue weighted by Gasteiger charge is 2.22. The summed E-state index contributed by atoms with van der Waals surface area (Å²) in [6, 6.07) is 11.0. The maximum absolute atomic E-state index is 9.51. The van der Waals surface area contributed by atoms with E-state index in [0.717, 1.165) is 16.6 Å². The predicted octanol–water partition coefficient (Wildman–Crippen LogP) is 3.78. The van der Waals surface area contributed by atoms with Gasteiger partial charge < -0.3 is 9.67 Å². The van der Waals surface area contributed by atoms with Crippen molar-refractivity contribution in [3.05, 3.63) is 47.8 Å². The summed E-state index contributed by atoms with van der Waals surface area (Å²) < 4.78 is 2.26. The molecule has 1 aliphatic rings. The van der Waals surface area contributed by atoms with Crippen LogP contribution in [-0.4, -0.2) is 14.7 Å². The molecule has 1 N–H and O–H groups in total. The Bertz CT molecular complexity index is 547. The Balaban J connectivity index is 1.77. The van der Waals surface area contributed by atoms with Gasteiger partial charge in [-0.05, 0) is 18.4 Å². The Morgan fingerprint density at radius 1 is 1.20 bits per heavy atom. The highest BCUT2D eigenvalue weighted by Crippen LogP contribution is 2.35. The van der Waals surface area contributed by atoms with Gasteiger partial charge in [0.15, 0.2) is 5.16 Å². The van der Waals surface area contributed by atoms with Crippen LogP contribution in [0.15, 0.2) is 41.7 Å². The fourth-order valence-corrected chi connectivity index (χ4v) is 3.90. The zero-order chi connectivity index (χ0) is 13.8. The molecule has 1 fully saturated rings. The number of rotatable bonds is 5. The first kappa shape index (κ1) is 13.7. The van der Waals surface area contributed by atoms with Gasteiger partial charge in [0.2, 0.25) is 0 Å². The number of imidazole rings is 1. The monoisotopic (exact) mass is 288 g/mol. The molecular formula is C16H20N2OS. The lowest BCUT2D eigenvalue weighted by molar-refractivity contribution is 0.263. The summed E-state index contributed by atoms with van der Waals surface area (Å²) in [4.78, 5) is 4.51. The minimum absolute atomic E-state index is 0.0788. The molecule has 0 unspecified atom stereocenters. The molecule has 0 radical (unpaired) electrons. The van der Waals surface area contributed by atoms with Gasteiger partial charge in [0, 0.05) is 11.8 Å². The normalized spacial score (nSPS) is 15.8. The molecule has 3 nitrogen and oxygen atoms in total. The SMILES string of the molecule is OCc1cnc(SCc2ccccc2)n1C1CCCC1. The van der Waals surface area contributed by atoms with Gasteiger partial charge in [-0.3, -0.25) is 0 Å². The number of nitrogens with zero attached hydrogens (tertiary/aromatic N) is 2. The van der Waals surface area contributed by atoms with E-state index in [1.54, 1.807) is 11.8 Å². The quantitative estimate of drug-likeness (QED) is 0.851. The third kappa shape index (κ3) is 2.91. The fraction of sp³-hybridized carbons (Fsp3) is 0.438. The lowest BCUT2D eigenvalue weighted by Crippen LogP contribution is -2.10. The fourth-order valence-electron chi connectivity index (χ4n) is 2.88. The lowest BCUT2D eigenvalue weighted by Gasteiger charge is -2.17. The average Bonchev–Trinajstić information content (AvgIpc) is 3.14. The second-order valence-electron chi connectivity index (χ2n) is 5.27. The van der Waals surface area contributed by atoms with Gasteiger partial charge in [0.05, 0.1) is 18.5 Å². The van der Waals surface area contributed by atoms with Crippen molar-refractivity contribution in [3.8, 4) is 0 Å². The van der Waals surface area contributed by atoms with Gasteiger partial charge in [-0.1, -0.05) is 54.9 Å². The van der Waals surface area contributed by atoms with Crippen molar-refractivity contribution in [2.45, 2.75) is 49.2 Å². The number of aliphatic hydroxyl groups excluding tert-OH is 1. The van der Waals surface area contributed by atoms with E-state index >= 15 is 0 Å². The minimum atomic E-state index is 0.0788. The number of aromatic nitrogens is 2. The van der Waals surface area contributed by atoms with E-state index in [4.69, 9.17) is 0 Å². The highest BCUT2D eigenvalue weighted by atomic mass is 32.2. The molecule has 0 amide bonds. The van der Waals surface area contributed by atoms with E-state index in [9.17, 15) is 5.11 Å². The highest BCUT2D eigenvalue weighted by molar-refractivity contribution is 7.98. The molecule has 0 saturated heterocycles. The lowest BCUT2D eigenvalue weighted by atomic mass is 10.2. The van der Waals surface area contributed by atoms with Crippen LogP contribution in [0.25, 0.3) is 0 Å². The number of hydrogen-bond donors (Lipinski definition) is 1. The minimum Gasteiger partial charge on any atom is -0.390 e. The van der Waals surface area contributed by atoms with Crippen molar-refractivity contribution in [2.75, 3.05) is 0 Å². The van der Waals surface area contributed by atoms with Crippen LogP contribution in [0.5, 0.6) is 0 Å². The first-order valence-electron chi connectivity index (χ1n) is 7.22. The number of aliphatic hydroxyl groups is 1. The third-order valence-electron chi connectivity index (χ3n) is 3.90. The van der Waals surface area contributed by atoms with Crippen molar-refractivity contribution in [2.24, 2.45) is 0 Å². The van der Waals surface area contributed by atoms with Crippen LogP contribution in [0, 0.1) is 0 Å². The average molecular weight is 288 g/mol. The van der Waals surface area contributed by atoms with Crippen LogP contribution in [0.2, 0.25) is 0 Å². The molecule has 4 heteroatoms. The van der Waals surface area contributed by atoms with Gasteiger partial charge in [-0.2, -0.15) is 0 Å². The second-order valence-corrected chi connectivity index (χ2v) is 6.22. The molecule has 1 saturated carbocycles. The molecule has 0 aliphatic heterocycles. The van der Waals surface area contributed by atoms with Gasteiger partial charge in [-0.15, -0.1) is 0 Å². The van der Waals surface area contributed by atoms with Gasteiger partial charge in [0.25, 0.3) is 0 Å². The maximum Gasteiger partial charge on any atom is 0.168 e. The van der Waals surface area contributed by atoms with Gasteiger partial charge in [-0.25, -0.2) is 4.98 Å². The summed E-state index contributed by atoms with van der Waals surface area (Å²) in [7, 11) is 0. The summed E-state index contributed by atoms with van der Waals surface area (Å²) in [5, 5.41) is 10.6. The Kier molecular flexibility index (Phi) is 4.43. The first-order valence-corrected chi connectivity index (χ1v) is 8.20. The van der Waals surface area contributed by atoms with Crippen molar-refractivity contribution in [3.63, 3.8) is 0 Å². The summed E-state index contributed by atoms with van der Waals surface area (Å²) >= 11 is 1.76. The summed E-state index contributed by atoms with van der Waals surface area (Å²) in [6.45, 7) is 0.0788. The summed E-state index contributed by atoms with van der Waals surface area (Å²) in [5.41, 5.74) is 2.26. The second kappa shape index (κ2) is 6.46. The van der Waals surface area contributed by atoms with Crippen LogP contribution in [0.3, 0.4) is 0 Å². The number of hydrogen-bond acceptors (Lipinski definition) is 3. The van der Waals surface area contributed by atoms with Crippen molar-refractivity contribution in [1.29, 1.82) is 0 Å². The van der Waals surface area contributed by atoms with Crippen LogP contribution < -0.4 is 0 Å². The molecule has 1 aromatic carbocycles. The summed E-state index contributed by atoms with van der Waals surface area (Å²) in [6.07, 6.45) is 6.82. The van der Waals surface area contributed by atoms with Crippen molar-refractivity contribution < 1.29 is 5.11 Å².